The molecule has 8 nitrogen and oxygen atoms in total. The number of anilines is 1. The van der Waals surface area contributed by atoms with Crippen molar-refractivity contribution in [3.8, 4) is 11.4 Å². The van der Waals surface area contributed by atoms with Crippen molar-refractivity contribution in [1.82, 2.24) is 30.4 Å². The Balaban J connectivity index is 1.24. The van der Waals surface area contributed by atoms with Gasteiger partial charge in [-0.05, 0) is 24.5 Å². The average Bonchev–Trinajstić information content (AvgIpc) is 3.19. The summed E-state index contributed by atoms with van der Waals surface area (Å²) in [5, 5.41) is 24.9. The van der Waals surface area contributed by atoms with E-state index in [2.05, 4.69) is 30.9 Å². The van der Waals surface area contributed by atoms with Crippen molar-refractivity contribution in [1.29, 1.82) is 0 Å². The third-order valence-corrected chi connectivity index (χ3v) is 4.86. The van der Waals surface area contributed by atoms with Crippen LogP contribution in [0.5, 0.6) is 0 Å². The van der Waals surface area contributed by atoms with Gasteiger partial charge >= 0.3 is 0 Å². The quantitative estimate of drug-likeness (QED) is 0.699. The maximum Gasteiger partial charge on any atom is 0.226 e. The van der Waals surface area contributed by atoms with E-state index in [0.717, 1.165) is 10.6 Å². The van der Waals surface area contributed by atoms with Crippen molar-refractivity contribution in [2.24, 2.45) is 0 Å². The fraction of sp³-hybridized carbons (Fsp3) is 0.375. The molecule has 25 heavy (non-hydrogen) atoms. The van der Waals surface area contributed by atoms with E-state index in [1.54, 1.807) is 0 Å². The summed E-state index contributed by atoms with van der Waals surface area (Å²) in [6.07, 6.45) is 3.36. The second-order valence-electron chi connectivity index (χ2n) is 5.95. The predicted molar refractivity (Wildman–Crippen MR) is 93.0 cm³/mol. The Bertz CT molecular complexity index is 856. The third-order valence-electron chi connectivity index (χ3n) is 3.86. The molecule has 1 amide bonds. The number of amides is 1. The van der Waals surface area contributed by atoms with Crippen LogP contribution in [0.1, 0.15) is 36.6 Å². The van der Waals surface area contributed by atoms with Gasteiger partial charge in [-0.25, -0.2) is 0 Å². The lowest BCUT2D eigenvalue weighted by Gasteiger charge is -2.00. The minimum Gasteiger partial charge on any atom is -0.301 e. The van der Waals surface area contributed by atoms with Gasteiger partial charge in [0.25, 0.3) is 0 Å². The molecule has 0 radical (unpaired) electrons. The van der Waals surface area contributed by atoms with Crippen molar-refractivity contribution >= 4 is 22.4 Å². The van der Waals surface area contributed by atoms with Crippen LogP contribution in [0.3, 0.4) is 0 Å². The van der Waals surface area contributed by atoms with Gasteiger partial charge in [-0.1, -0.05) is 41.7 Å². The van der Waals surface area contributed by atoms with Crippen molar-refractivity contribution in [3.63, 3.8) is 0 Å². The van der Waals surface area contributed by atoms with Gasteiger partial charge in [0, 0.05) is 17.9 Å². The van der Waals surface area contributed by atoms with E-state index in [1.165, 1.54) is 29.0 Å². The van der Waals surface area contributed by atoms with Crippen LogP contribution < -0.4 is 5.32 Å². The normalized spacial score (nSPS) is 13.8. The Hall–Kier alpha value is -2.68. The van der Waals surface area contributed by atoms with E-state index in [4.69, 9.17) is 0 Å². The SMILES string of the molecule is O=C(CCCn1nnc(-c2ccccc2)n1)Nc1nnc(C2CC2)s1. The molecule has 0 spiro atoms. The van der Waals surface area contributed by atoms with Crippen molar-refractivity contribution in [2.75, 3.05) is 5.32 Å². The molecule has 1 aliphatic carbocycles. The molecule has 4 rings (SSSR count). The van der Waals surface area contributed by atoms with Crippen LogP contribution >= 0.6 is 11.3 Å². The van der Waals surface area contributed by atoms with Crippen LogP contribution in [0.25, 0.3) is 11.4 Å². The third kappa shape index (κ3) is 4.05. The minimum absolute atomic E-state index is 0.0677. The van der Waals surface area contributed by atoms with Crippen LogP contribution in [-0.4, -0.2) is 36.3 Å². The van der Waals surface area contributed by atoms with Crippen molar-refractivity contribution in [2.45, 2.75) is 38.1 Å². The topological polar surface area (TPSA) is 98.5 Å². The first-order chi connectivity index (χ1) is 12.3. The Kier molecular flexibility index (Phi) is 4.47. The molecule has 128 valence electrons. The molecule has 1 aliphatic rings. The number of tetrazole rings is 1. The smallest absolute Gasteiger partial charge is 0.226 e. The molecule has 1 saturated carbocycles. The van der Waals surface area contributed by atoms with Gasteiger partial charge in [0.15, 0.2) is 0 Å². The number of hydrogen-bond donors (Lipinski definition) is 1. The number of carbonyl (C=O) groups is 1. The minimum atomic E-state index is -0.0677. The van der Waals surface area contributed by atoms with E-state index >= 15 is 0 Å². The van der Waals surface area contributed by atoms with Gasteiger partial charge in [-0.15, -0.1) is 20.4 Å². The first kappa shape index (κ1) is 15.8. The number of aromatic nitrogens is 6. The summed E-state index contributed by atoms with van der Waals surface area (Å²) in [6, 6.07) is 9.68. The fourth-order valence-electron chi connectivity index (χ4n) is 2.38. The number of rotatable bonds is 7. The molecule has 0 bridgehead atoms. The molecule has 0 unspecified atom stereocenters. The van der Waals surface area contributed by atoms with Crippen LogP contribution in [0.15, 0.2) is 30.3 Å². The predicted octanol–water partition coefficient (Wildman–Crippen LogP) is 2.49. The first-order valence-electron chi connectivity index (χ1n) is 8.24. The monoisotopic (exact) mass is 355 g/mol. The van der Waals surface area contributed by atoms with Gasteiger partial charge in [0.1, 0.15) is 5.01 Å². The largest absolute Gasteiger partial charge is 0.301 e. The summed E-state index contributed by atoms with van der Waals surface area (Å²) in [4.78, 5) is 13.5. The summed E-state index contributed by atoms with van der Waals surface area (Å²) >= 11 is 1.47. The van der Waals surface area contributed by atoms with Gasteiger partial charge in [0.2, 0.25) is 16.9 Å². The number of hydrogen-bond acceptors (Lipinski definition) is 7. The van der Waals surface area contributed by atoms with Gasteiger partial charge < -0.3 is 5.32 Å². The summed E-state index contributed by atoms with van der Waals surface area (Å²) in [5.74, 6) is 1.08. The number of nitrogens with zero attached hydrogens (tertiary/aromatic N) is 6. The molecule has 1 aromatic carbocycles. The molecule has 1 N–H and O–H groups in total. The van der Waals surface area contributed by atoms with Crippen LogP contribution in [0.2, 0.25) is 0 Å². The van der Waals surface area contributed by atoms with E-state index in [9.17, 15) is 4.79 Å². The zero-order valence-electron chi connectivity index (χ0n) is 13.5. The lowest BCUT2D eigenvalue weighted by Crippen LogP contribution is -2.13. The lowest BCUT2D eigenvalue weighted by molar-refractivity contribution is -0.116. The molecular weight excluding hydrogens is 338 g/mol. The second kappa shape index (κ2) is 7.06. The number of aryl methyl sites for hydroxylation is 1. The van der Waals surface area contributed by atoms with E-state index in [0.29, 0.717) is 36.3 Å². The fourth-order valence-corrected chi connectivity index (χ4v) is 3.31. The standard InChI is InChI=1S/C16H17N7OS/c24-13(17-16-20-19-15(25-16)12-8-9-12)7-4-10-23-21-14(18-22-23)11-5-2-1-3-6-11/h1-3,5-6,12H,4,7-10H2,(H,17,20,24). The Morgan fingerprint density at radius 2 is 2.04 bits per heavy atom. The molecule has 0 atom stereocenters. The maximum atomic E-state index is 12.0. The van der Waals surface area contributed by atoms with Crippen LogP contribution in [0.4, 0.5) is 5.13 Å². The molecule has 9 heteroatoms. The zero-order chi connectivity index (χ0) is 17.1. The number of nitrogens with one attached hydrogen (secondary N) is 1. The van der Waals surface area contributed by atoms with Crippen molar-refractivity contribution in [3.05, 3.63) is 35.3 Å². The van der Waals surface area contributed by atoms with E-state index in [-0.39, 0.29) is 5.91 Å². The van der Waals surface area contributed by atoms with E-state index < -0.39 is 0 Å². The second-order valence-corrected chi connectivity index (χ2v) is 6.96. The van der Waals surface area contributed by atoms with Crippen LogP contribution in [0, 0.1) is 0 Å². The highest BCUT2D eigenvalue weighted by Gasteiger charge is 2.27. The van der Waals surface area contributed by atoms with Gasteiger partial charge in [-0.2, -0.15) is 4.80 Å². The highest BCUT2D eigenvalue weighted by Crippen LogP contribution is 2.42. The summed E-state index contributed by atoms with van der Waals surface area (Å²) in [6.45, 7) is 0.538. The highest BCUT2D eigenvalue weighted by atomic mass is 32.1. The number of carbonyl (C=O) groups excluding carboxylic acids is 1. The van der Waals surface area contributed by atoms with Gasteiger partial charge in [0.05, 0.1) is 6.54 Å². The Morgan fingerprint density at radius 3 is 2.84 bits per heavy atom. The molecule has 0 saturated heterocycles. The number of benzene rings is 1. The Labute approximate surface area is 148 Å². The van der Waals surface area contributed by atoms with E-state index in [1.807, 2.05) is 30.3 Å². The van der Waals surface area contributed by atoms with Crippen LogP contribution in [-0.2, 0) is 11.3 Å². The average molecular weight is 355 g/mol. The molecule has 2 heterocycles. The molecular formula is C16H17N7OS. The zero-order valence-corrected chi connectivity index (χ0v) is 14.3. The molecule has 2 aromatic heterocycles. The van der Waals surface area contributed by atoms with Gasteiger partial charge in [-0.3, -0.25) is 4.79 Å². The summed E-state index contributed by atoms with van der Waals surface area (Å²) in [7, 11) is 0. The Morgan fingerprint density at radius 1 is 1.20 bits per heavy atom. The lowest BCUT2D eigenvalue weighted by atomic mass is 10.2. The maximum absolute atomic E-state index is 12.0. The molecule has 1 fully saturated rings. The molecule has 0 aliphatic heterocycles. The van der Waals surface area contributed by atoms with Crippen molar-refractivity contribution < 1.29 is 4.79 Å². The summed E-state index contributed by atoms with van der Waals surface area (Å²) in [5.41, 5.74) is 0.925. The highest BCUT2D eigenvalue weighted by molar-refractivity contribution is 7.15. The first-order valence-corrected chi connectivity index (χ1v) is 9.06. The molecule has 3 aromatic rings. The summed E-state index contributed by atoms with van der Waals surface area (Å²) < 4.78 is 0.